The van der Waals surface area contributed by atoms with Crippen molar-refractivity contribution in [2.24, 2.45) is 0 Å². The van der Waals surface area contributed by atoms with Gasteiger partial charge in [0.25, 0.3) is 0 Å². The Balaban J connectivity index is 1.93. The summed E-state index contributed by atoms with van der Waals surface area (Å²) in [4.78, 5) is 13.8. The van der Waals surface area contributed by atoms with Crippen LogP contribution in [0.4, 0.5) is 24.5 Å². The number of carboxylic acid groups (broad SMARTS) is 1. The molecule has 1 heterocycles. The molecule has 5 nitrogen and oxygen atoms in total. The minimum atomic E-state index is -4.49. The zero-order chi connectivity index (χ0) is 21.9. The van der Waals surface area contributed by atoms with Crippen LogP contribution in [0.1, 0.15) is 41.3 Å². The van der Waals surface area contributed by atoms with E-state index in [9.17, 15) is 28.2 Å². The average Bonchev–Trinajstić information content (AvgIpc) is 2.71. The van der Waals surface area contributed by atoms with Crippen LogP contribution in [0.15, 0.2) is 41.3 Å². The first kappa shape index (κ1) is 22.3. The van der Waals surface area contributed by atoms with Crippen molar-refractivity contribution in [3.63, 3.8) is 0 Å². The number of nitrogens with one attached hydrogen (secondary N) is 1. The quantitative estimate of drug-likeness (QED) is 0.546. The van der Waals surface area contributed by atoms with Gasteiger partial charge in [-0.1, -0.05) is 13.0 Å². The molecule has 9 heteroatoms. The van der Waals surface area contributed by atoms with E-state index in [1.807, 2.05) is 11.8 Å². The van der Waals surface area contributed by atoms with Crippen molar-refractivity contribution in [1.82, 2.24) is 0 Å². The van der Waals surface area contributed by atoms with Gasteiger partial charge >= 0.3 is 12.1 Å². The van der Waals surface area contributed by atoms with Gasteiger partial charge in [-0.15, -0.1) is 0 Å². The Bertz CT molecular complexity index is 921. The molecule has 1 unspecified atom stereocenters. The maximum atomic E-state index is 13.3. The predicted octanol–water partition coefficient (Wildman–Crippen LogP) is 5.05. The van der Waals surface area contributed by atoms with Gasteiger partial charge in [0.05, 0.1) is 28.6 Å². The van der Waals surface area contributed by atoms with Crippen LogP contribution in [0.2, 0.25) is 0 Å². The van der Waals surface area contributed by atoms with E-state index < -0.39 is 23.8 Å². The molecule has 2 aromatic rings. The number of aliphatic hydroxyl groups excluding tert-OH is 1. The molecule has 0 bridgehead atoms. The number of aromatic carboxylic acids is 1. The van der Waals surface area contributed by atoms with Gasteiger partial charge in [0.1, 0.15) is 0 Å². The SMILES string of the molecule is CCc1ccc(C(=O)O)cc1SNc1cc(C(F)(F)F)ccc1N1CCCC(O)C1. The predicted molar refractivity (Wildman–Crippen MR) is 111 cm³/mol. The smallest absolute Gasteiger partial charge is 0.416 e. The summed E-state index contributed by atoms with van der Waals surface area (Å²) in [5, 5.41) is 19.2. The molecule has 3 N–H and O–H groups in total. The van der Waals surface area contributed by atoms with E-state index in [2.05, 4.69) is 4.72 Å². The standard InChI is InChI=1S/C21H23F3N2O3S/c1-2-13-5-6-14(20(28)29)10-19(13)30-25-17-11-15(21(22,23)24)7-8-18(17)26-9-3-4-16(27)12-26/h5-8,10-11,16,25,27H,2-4,9,12H2,1H3,(H,28,29). The maximum Gasteiger partial charge on any atom is 0.416 e. The third kappa shape index (κ3) is 5.20. The van der Waals surface area contributed by atoms with Gasteiger partial charge in [-0.25, -0.2) is 4.79 Å². The summed E-state index contributed by atoms with van der Waals surface area (Å²) in [7, 11) is 0. The number of carboxylic acids is 1. The van der Waals surface area contributed by atoms with Gasteiger partial charge in [0.15, 0.2) is 0 Å². The van der Waals surface area contributed by atoms with Crippen molar-refractivity contribution in [1.29, 1.82) is 0 Å². The summed E-state index contributed by atoms with van der Waals surface area (Å²) in [5.74, 6) is -1.07. The molecule has 30 heavy (non-hydrogen) atoms. The van der Waals surface area contributed by atoms with Gasteiger partial charge in [-0.05, 0) is 67.1 Å². The topological polar surface area (TPSA) is 72.8 Å². The molecule has 1 atom stereocenters. The molecule has 1 fully saturated rings. The largest absolute Gasteiger partial charge is 0.478 e. The Morgan fingerprint density at radius 1 is 1.27 bits per heavy atom. The average molecular weight is 440 g/mol. The lowest BCUT2D eigenvalue weighted by Gasteiger charge is -2.33. The van der Waals surface area contributed by atoms with Gasteiger partial charge in [0, 0.05) is 18.0 Å². The normalized spacial score (nSPS) is 17.1. The van der Waals surface area contributed by atoms with E-state index >= 15 is 0 Å². The first-order valence-corrected chi connectivity index (χ1v) is 10.4. The molecule has 1 saturated heterocycles. The van der Waals surface area contributed by atoms with Crippen LogP contribution < -0.4 is 9.62 Å². The number of hydrogen-bond donors (Lipinski definition) is 3. The van der Waals surface area contributed by atoms with Gasteiger partial charge in [0.2, 0.25) is 0 Å². The fraction of sp³-hybridized carbons (Fsp3) is 0.381. The highest BCUT2D eigenvalue weighted by atomic mass is 32.2. The van der Waals surface area contributed by atoms with E-state index in [-0.39, 0.29) is 11.3 Å². The van der Waals surface area contributed by atoms with E-state index in [1.54, 1.807) is 6.07 Å². The number of halogens is 3. The van der Waals surface area contributed by atoms with Crippen molar-refractivity contribution in [3.05, 3.63) is 53.1 Å². The fourth-order valence-electron chi connectivity index (χ4n) is 3.43. The van der Waals surface area contributed by atoms with Crippen molar-refractivity contribution in [2.45, 2.75) is 43.4 Å². The summed E-state index contributed by atoms with van der Waals surface area (Å²) in [6, 6.07) is 8.23. The van der Waals surface area contributed by atoms with Crippen molar-refractivity contribution in [3.8, 4) is 0 Å². The minimum Gasteiger partial charge on any atom is -0.478 e. The summed E-state index contributed by atoms with van der Waals surface area (Å²) >= 11 is 1.08. The third-order valence-corrected chi connectivity index (χ3v) is 5.95. The van der Waals surface area contributed by atoms with Gasteiger partial charge in [-0.2, -0.15) is 13.2 Å². The molecule has 0 radical (unpaired) electrons. The summed E-state index contributed by atoms with van der Waals surface area (Å²) in [6.45, 7) is 2.90. The zero-order valence-corrected chi connectivity index (χ0v) is 17.2. The van der Waals surface area contributed by atoms with Crippen molar-refractivity contribution in [2.75, 3.05) is 22.7 Å². The number of hydrogen-bond acceptors (Lipinski definition) is 5. The second kappa shape index (κ2) is 9.18. The van der Waals surface area contributed by atoms with E-state index in [0.29, 0.717) is 36.5 Å². The fourth-order valence-corrected chi connectivity index (χ4v) is 4.34. The Kier molecular flexibility index (Phi) is 6.82. The monoisotopic (exact) mass is 440 g/mol. The number of carbonyl (C=O) groups is 1. The Hall–Kier alpha value is -2.39. The second-order valence-corrected chi connectivity index (χ2v) is 8.01. The number of piperidine rings is 1. The first-order chi connectivity index (χ1) is 14.2. The number of alkyl halides is 3. The van der Waals surface area contributed by atoms with Crippen LogP contribution in [-0.4, -0.2) is 35.4 Å². The molecule has 1 aliphatic heterocycles. The van der Waals surface area contributed by atoms with E-state index in [4.69, 9.17) is 0 Å². The Morgan fingerprint density at radius 2 is 2.03 bits per heavy atom. The molecule has 2 aromatic carbocycles. The van der Waals surface area contributed by atoms with Crippen LogP contribution in [0, 0.1) is 0 Å². The molecule has 0 aliphatic carbocycles. The number of benzene rings is 2. The highest BCUT2D eigenvalue weighted by molar-refractivity contribution is 8.00. The van der Waals surface area contributed by atoms with Crippen LogP contribution in [0.25, 0.3) is 0 Å². The van der Waals surface area contributed by atoms with Crippen LogP contribution in [-0.2, 0) is 12.6 Å². The molecular weight excluding hydrogens is 417 g/mol. The molecule has 1 aliphatic rings. The summed E-state index contributed by atoms with van der Waals surface area (Å²) in [6.07, 6.45) is -2.96. The number of β-amino-alcohol motifs (C(OH)–C–C–N with tert-alkyl or cyclic N) is 1. The lowest BCUT2D eigenvalue weighted by Crippen LogP contribution is -2.38. The highest BCUT2D eigenvalue weighted by Crippen LogP contribution is 2.38. The second-order valence-electron chi connectivity index (χ2n) is 7.16. The number of rotatable bonds is 6. The van der Waals surface area contributed by atoms with Crippen LogP contribution in [0.5, 0.6) is 0 Å². The maximum absolute atomic E-state index is 13.3. The lowest BCUT2D eigenvalue weighted by molar-refractivity contribution is -0.137. The molecule has 0 spiro atoms. The highest BCUT2D eigenvalue weighted by Gasteiger charge is 2.32. The lowest BCUT2D eigenvalue weighted by atomic mass is 10.1. The van der Waals surface area contributed by atoms with Crippen molar-refractivity contribution < 1.29 is 28.2 Å². The first-order valence-electron chi connectivity index (χ1n) is 9.62. The summed E-state index contributed by atoms with van der Waals surface area (Å²) < 4.78 is 42.8. The van der Waals surface area contributed by atoms with E-state index in [1.165, 1.54) is 18.2 Å². The van der Waals surface area contributed by atoms with E-state index in [0.717, 1.165) is 36.1 Å². The minimum absolute atomic E-state index is 0.111. The van der Waals surface area contributed by atoms with Gasteiger partial charge in [-0.3, -0.25) is 0 Å². The molecule has 162 valence electrons. The molecule has 0 amide bonds. The third-order valence-electron chi connectivity index (χ3n) is 5.03. The number of anilines is 2. The molecular formula is C21H23F3N2O3S. The summed E-state index contributed by atoms with van der Waals surface area (Å²) in [5.41, 5.74) is 1.06. The van der Waals surface area contributed by atoms with Crippen molar-refractivity contribution >= 4 is 29.3 Å². The Morgan fingerprint density at radius 3 is 2.67 bits per heavy atom. The van der Waals surface area contributed by atoms with Gasteiger partial charge < -0.3 is 19.8 Å². The van der Waals surface area contributed by atoms with Crippen LogP contribution >= 0.6 is 11.9 Å². The number of aryl methyl sites for hydroxylation is 1. The number of nitrogens with zero attached hydrogens (tertiary/aromatic N) is 1. The molecule has 0 saturated carbocycles. The molecule has 0 aromatic heterocycles. The van der Waals surface area contributed by atoms with Crippen LogP contribution in [0.3, 0.4) is 0 Å². The molecule has 3 rings (SSSR count). The Labute approximate surface area is 177 Å². The number of aliphatic hydroxyl groups is 1. The zero-order valence-electron chi connectivity index (χ0n) is 16.4.